The summed E-state index contributed by atoms with van der Waals surface area (Å²) in [6.45, 7) is 14.0. The van der Waals surface area contributed by atoms with Crippen LogP contribution in [0, 0.1) is 57.7 Å². The van der Waals surface area contributed by atoms with Crippen LogP contribution in [0.1, 0.15) is 144 Å². The quantitative estimate of drug-likeness (QED) is 0.137. The fourth-order valence-electron chi connectivity index (χ4n) is 13.5. The molecule has 2 heterocycles. The maximum Gasteiger partial charge on any atom is 0.509 e. The van der Waals surface area contributed by atoms with Crippen molar-refractivity contribution in [2.75, 3.05) is 39.6 Å². The minimum Gasteiger partial charge on any atom is -0.465 e. The first kappa shape index (κ1) is 42.1. The second kappa shape index (κ2) is 16.4. The lowest BCUT2D eigenvalue weighted by atomic mass is 9.58. The lowest BCUT2D eigenvalue weighted by molar-refractivity contribution is -0.189. The van der Waals surface area contributed by atoms with E-state index in [4.69, 9.17) is 37.9 Å². The number of carbonyl (C=O) groups is 4. The molecule has 0 spiro atoms. The van der Waals surface area contributed by atoms with E-state index in [1.165, 1.54) is 0 Å². The summed E-state index contributed by atoms with van der Waals surface area (Å²) in [5, 5.41) is 0. The Hall–Kier alpha value is -2.60. The Labute approximate surface area is 345 Å². The fraction of sp³-hybridized carbons (Fsp3) is 0.913. The van der Waals surface area contributed by atoms with Crippen molar-refractivity contribution in [3.63, 3.8) is 0 Å². The van der Waals surface area contributed by atoms with Gasteiger partial charge >= 0.3 is 24.2 Å². The molecule has 8 rings (SSSR count). The van der Waals surface area contributed by atoms with Gasteiger partial charge in [0.2, 0.25) is 0 Å². The molecule has 6 saturated carbocycles. The molecule has 0 aromatic heterocycles. The van der Waals surface area contributed by atoms with Gasteiger partial charge < -0.3 is 37.9 Å². The summed E-state index contributed by atoms with van der Waals surface area (Å²) in [6.07, 6.45) is 10.1. The second-order valence-electron chi connectivity index (χ2n) is 21.6. The van der Waals surface area contributed by atoms with Crippen LogP contribution in [0.2, 0.25) is 0 Å². The van der Waals surface area contributed by atoms with E-state index in [1.54, 1.807) is 0 Å². The number of hydrogen-bond donors (Lipinski definition) is 0. The van der Waals surface area contributed by atoms with Gasteiger partial charge in [0.05, 0.1) is 48.6 Å². The largest absolute Gasteiger partial charge is 0.509 e. The van der Waals surface area contributed by atoms with Gasteiger partial charge in [-0.25, -0.2) is 9.59 Å². The summed E-state index contributed by atoms with van der Waals surface area (Å²) in [6, 6.07) is 0. The first-order chi connectivity index (χ1) is 27.6. The third kappa shape index (κ3) is 8.89. The number of ether oxygens (including phenoxy) is 8. The Balaban J connectivity index is 0.882. The van der Waals surface area contributed by atoms with Crippen molar-refractivity contribution >= 4 is 24.2 Å². The number of rotatable bonds is 12. The zero-order valence-corrected chi connectivity index (χ0v) is 35.9. The van der Waals surface area contributed by atoms with E-state index >= 15 is 0 Å². The molecule has 6 bridgehead atoms. The van der Waals surface area contributed by atoms with Crippen LogP contribution in [0.15, 0.2) is 0 Å². The van der Waals surface area contributed by atoms with Crippen LogP contribution in [0.3, 0.4) is 0 Å². The molecule has 0 amide bonds. The van der Waals surface area contributed by atoms with Gasteiger partial charge in [-0.15, -0.1) is 0 Å². The van der Waals surface area contributed by atoms with Crippen molar-refractivity contribution in [1.82, 2.24) is 0 Å². The topological polar surface area (TPSA) is 142 Å². The average Bonchev–Trinajstić information content (AvgIpc) is 3.08. The summed E-state index contributed by atoms with van der Waals surface area (Å²) in [5.41, 5.74) is -2.45. The molecular weight excluding hydrogens is 744 g/mol. The van der Waals surface area contributed by atoms with Crippen LogP contribution in [0.5, 0.6) is 0 Å². The van der Waals surface area contributed by atoms with Crippen molar-refractivity contribution in [2.45, 2.75) is 167 Å². The normalized spacial score (nSPS) is 42.0. The van der Waals surface area contributed by atoms with Crippen molar-refractivity contribution in [1.29, 1.82) is 0 Å². The first-order valence-corrected chi connectivity index (χ1v) is 22.9. The maximum atomic E-state index is 13.8. The second-order valence-corrected chi connectivity index (χ2v) is 21.6. The Morgan fingerprint density at radius 2 is 1.02 bits per heavy atom. The maximum absolute atomic E-state index is 13.8. The highest BCUT2D eigenvalue weighted by Crippen LogP contribution is 2.54. The SMILES string of the molecule is CCC1(COC(=O)C2CC3CC(C)CC(OC(=O)OC4CC5CC(C)CC(OC(=O)OC6CC7CC(C)CC(C(=O)OCC8(CC)COC8)(C7)C6)(C5)C4)(C3)C2)COC1. The van der Waals surface area contributed by atoms with E-state index in [2.05, 4.69) is 34.6 Å². The number of carbonyl (C=O) groups excluding carboxylic acids is 4. The monoisotopic (exact) mass is 814 g/mol. The van der Waals surface area contributed by atoms with Gasteiger partial charge in [0.25, 0.3) is 0 Å². The van der Waals surface area contributed by atoms with E-state index in [0.29, 0.717) is 109 Å². The molecule has 8 fully saturated rings. The summed E-state index contributed by atoms with van der Waals surface area (Å²) < 4.78 is 47.8. The Kier molecular flexibility index (Phi) is 11.9. The van der Waals surface area contributed by atoms with Crippen LogP contribution < -0.4 is 0 Å². The molecule has 12 nitrogen and oxygen atoms in total. The Morgan fingerprint density at radius 1 is 0.534 bits per heavy atom. The van der Waals surface area contributed by atoms with Crippen LogP contribution in [-0.2, 0) is 47.5 Å². The molecule has 8 aliphatic rings. The van der Waals surface area contributed by atoms with Crippen molar-refractivity contribution in [3.05, 3.63) is 0 Å². The number of hydrogen-bond acceptors (Lipinski definition) is 12. The molecule has 326 valence electrons. The Bertz CT molecular complexity index is 1520. The van der Waals surface area contributed by atoms with Crippen molar-refractivity contribution in [2.24, 2.45) is 57.7 Å². The molecule has 12 atom stereocenters. The first-order valence-electron chi connectivity index (χ1n) is 22.9. The molecule has 0 N–H and O–H groups in total. The third-order valence-electron chi connectivity index (χ3n) is 16.1. The molecule has 12 unspecified atom stereocenters. The van der Waals surface area contributed by atoms with Crippen LogP contribution in [0.4, 0.5) is 9.59 Å². The lowest BCUT2D eigenvalue weighted by Gasteiger charge is -2.50. The molecular formula is C46H70O12. The van der Waals surface area contributed by atoms with Gasteiger partial charge in [0.15, 0.2) is 0 Å². The molecule has 12 heteroatoms. The van der Waals surface area contributed by atoms with Gasteiger partial charge in [0.1, 0.15) is 36.6 Å². The van der Waals surface area contributed by atoms with Crippen molar-refractivity contribution < 1.29 is 57.1 Å². The highest BCUT2D eigenvalue weighted by molar-refractivity contribution is 5.77. The summed E-state index contributed by atoms with van der Waals surface area (Å²) in [5.74, 6) is 1.16. The molecule has 2 saturated heterocycles. The van der Waals surface area contributed by atoms with E-state index in [1.807, 2.05) is 0 Å². The molecule has 58 heavy (non-hydrogen) atoms. The predicted molar refractivity (Wildman–Crippen MR) is 210 cm³/mol. The number of fused-ring (bicyclic) bond motifs is 6. The average molecular weight is 815 g/mol. The molecule has 0 radical (unpaired) electrons. The Morgan fingerprint density at radius 3 is 1.55 bits per heavy atom. The number of esters is 2. The van der Waals surface area contributed by atoms with Gasteiger partial charge in [0, 0.05) is 19.3 Å². The minimum atomic E-state index is -0.818. The molecule has 0 aromatic carbocycles. The fourth-order valence-corrected chi connectivity index (χ4v) is 13.5. The minimum absolute atomic E-state index is 0.0867. The van der Waals surface area contributed by atoms with Crippen LogP contribution >= 0.6 is 0 Å². The van der Waals surface area contributed by atoms with Gasteiger partial charge in [-0.1, -0.05) is 34.6 Å². The summed E-state index contributed by atoms with van der Waals surface area (Å²) in [4.78, 5) is 54.8. The molecule has 0 aromatic rings. The van der Waals surface area contributed by atoms with Gasteiger partial charge in [-0.05, 0) is 125 Å². The van der Waals surface area contributed by atoms with E-state index < -0.39 is 41.1 Å². The van der Waals surface area contributed by atoms with Crippen LogP contribution in [0.25, 0.3) is 0 Å². The van der Waals surface area contributed by atoms with Gasteiger partial charge in [-0.2, -0.15) is 0 Å². The third-order valence-corrected chi connectivity index (χ3v) is 16.1. The smallest absolute Gasteiger partial charge is 0.465 e. The highest BCUT2D eigenvalue weighted by atomic mass is 16.7. The van der Waals surface area contributed by atoms with E-state index in [9.17, 15) is 19.2 Å². The van der Waals surface area contributed by atoms with Crippen molar-refractivity contribution in [3.8, 4) is 0 Å². The zero-order valence-electron chi connectivity index (χ0n) is 35.9. The van der Waals surface area contributed by atoms with E-state index in [0.717, 1.165) is 57.8 Å². The van der Waals surface area contributed by atoms with E-state index in [-0.39, 0.29) is 46.4 Å². The van der Waals surface area contributed by atoms with Crippen LogP contribution in [-0.4, -0.2) is 87.3 Å². The summed E-state index contributed by atoms with van der Waals surface area (Å²) in [7, 11) is 0. The van der Waals surface area contributed by atoms with Gasteiger partial charge in [-0.3, -0.25) is 9.59 Å². The lowest BCUT2D eigenvalue weighted by Crippen LogP contribution is -2.53. The zero-order chi connectivity index (χ0) is 40.9. The standard InChI is InChI=1S/C46H70O12/c1-6-42(23-51-24-42)27-53-38(47)35-11-32-9-30(4)15-45(18-32,20-35)57-41(50)56-37-13-34-10-31(5)16-46(19-34,22-37)58-40(49)55-36-12-33-8-29(3)14-44(17-33,21-36)39(48)54-28-43(7-2)25-52-26-43/h29-37H,6-28H2,1-5H3. The highest BCUT2D eigenvalue weighted by Gasteiger charge is 2.55. The summed E-state index contributed by atoms with van der Waals surface area (Å²) >= 11 is 0. The molecule has 2 aliphatic heterocycles. The predicted octanol–water partition coefficient (Wildman–Crippen LogP) is 8.74. The molecule has 6 aliphatic carbocycles.